The van der Waals surface area contributed by atoms with Crippen molar-refractivity contribution in [3.8, 4) is 0 Å². The van der Waals surface area contributed by atoms with Crippen LogP contribution in [0.25, 0.3) is 0 Å². The molecule has 1 aromatic carbocycles. The largest absolute Gasteiger partial charge is 0.324 e. The number of carbonyl (C=O) groups excluding carboxylic acids is 1. The van der Waals surface area contributed by atoms with Crippen LogP contribution in [-0.2, 0) is 4.79 Å². The average Bonchev–Trinajstić information content (AvgIpc) is 2.57. The Morgan fingerprint density at radius 2 is 2.24 bits per heavy atom. The molecule has 2 unspecified atom stereocenters. The van der Waals surface area contributed by atoms with Crippen LogP contribution in [0.4, 0.5) is 10.1 Å². The van der Waals surface area contributed by atoms with Gasteiger partial charge in [0.15, 0.2) is 0 Å². The summed E-state index contributed by atoms with van der Waals surface area (Å²) >= 11 is 0. The third-order valence-corrected chi connectivity index (χ3v) is 3.28. The highest BCUT2D eigenvalue weighted by molar-refractivity contribution is 6.02. The van der Waals surface area contributed by atoms with Gasteiger partial charge in [-0.1, -0.05) is 19.4 Å². The minimum Gasteiger partial charge on any atom is -0.324 e. The Morgan fingerprint density at radius 1 is 1.53 bits per heavy atom. The second kappa shape index (κ2) is 4.45. The Morgan fingerprint density at radius 3 is 2.88 bits per heavy atom. The van der Waals surface area contributed by atoms with Gasteiger partial charge in [0.25, 0.3) is 0 Å². The minimum absolute atomic E-state index is 0.153. The predicted octanol–water partition coefficient (Wildman–Crippen LogP) is 2.68. The van der Waals surface area contributed by atoms with Crippen LogP contribution in [0.5, 0.6) is 0 Å². The molecule has 3 N–H and O–H groups in total. The van der Waals surface area contributed by atoms with Crippen LogP contribution in [0.3, 0.4) is 0 Å². The van der Waals surface area contributed by atoms with E-state index in [1.165, 1.54) is 6.07 Å². The summed E-state index contributed by atoms with van der Waals surface area (Å²) in [7, 11) is 0. The summed E-state index contributed by atoms with van der Waals surface area (Å²) in [6.45, 7) is 3.81. The summed E-state index contributed by atoms with van der Waals surface area (Å²) in [4.78, 5) is 11.5. The normalized spacial score (nSPS) is 20.0. The topological polar surface area (TPSA) is 55.1 Å². The predicted molar refractivity (Wildman–Crippen MR) is 65.3 cm³/mol. The van der Waals surface area contributed by atoms with Crippen LogP contribution < -0.4 is 11.1 Å². The van der Waals surface area contributed by atoms with Gasteiger partial charge in [-0.05, 0) is 30.5 Å². The maximum atomic E-state index is 13.8. The van der Waals surface area contributed by atoms with E-state index in [1.54, 1.807) is 6.92 Å². The lowest BCUT2D eigenvalue weighted by Gasteiger charge is -2.13. The molecule has 0 radical (unpaired) electrons. The van der Waals surface area contributed by atoms with Crippen LogP contribution in [0.15, 0.2) is 12.1 Å². The second-order valence-electron chi connectivity index (χ2n) is 4.57. The fourth-order valence-corrected chi connectivity index (χ4v) is 2.19. The van der Waals surface area contributed by atoms with Crippen molar-refractivity contribution >= 4 is 11.6 Å². The van der Waals surface area contributed by atoms with Crippen molar-refractivity contribution in [1.82, 2.24) is 0 Å². The van der Waals surface area contributed by atoms with E-state index >= 15 is 0 Å². The van der Waals surface area contributed by atoms with Crippen molar-refractivity contribution in [3.05, 3.63) is 29.1 Å². The molecule has 0 saturated heterocycles. The van der Waals surface area contributed by atoms with E-state index in [0.29, 0.717) is 5.69 Å². The van der Waals surface area contributed by atoms with Crippen LogP contribution in [0.1, 0.15) is 49.8 Å². The Hall–Kier alpha value is -1.42. The third kappa shape index (κ3) is 2.05. The third-order valence-electron chi connectivity index (χ3n) is 3.28. The fourth-order valence-electron chi connectivity index (χ4n) is 2.19. The number of benzene rings is 1. The van der Waals surface area contributed by atoms with E-state index in [0.717, 1.165) is 24.0 Å². The number of carbonyl (C=O) groups is 1. The van der Waals surface area contributed by atoms with Crippen molar-refractivity contribution in [2.45, 2.75) is 38.6 Å². The number of fused-ring (bicyclic) bond motifs is 1. The summed E-state index contributed by atoms with van der Waals surface area (Å²) in [5, 5.41) is 2.56. The first-order valence-electron chi connectivity index (χ1n) is 5.94. The highest BCUT2D eigenvalue weighted by atomic mass is 19.1. The summed E-state index contributed by atoms with van der Waals surface area (Å²) in [6, 6.07) is 3.11. The molecule has 0 bridgehead atoms. The standard InChI is InChI=1S/C13H17FN2O/c1-3-4-11(15)8-5-9-7(2)13(17)16-12(9)10(14)6-8/h5-7,11H,3-4,15H2,1-2H3,(H,16,17). The van der Waals surface area contributed by atoms with Crippen LogP contribution in [0, 0.1) is 5.82 Å². The summed E-state index contributed by atoms with van der Waals surface area (Å²) in [5.74, 6) is -0.838. The van der Waals surface area contributed by atoms with Gasteiger partial charge in [0.05, 0.1) is 11.6 Å². The molecule has 1 amide bonds. The molecular formula is C13H17FN2O. The zero-order valence-corrected chi connectivity index (χ0v) is 10.1. The van der Waals surface area contributed by atoms with Crippen LogP contribution >= 0.6 is 0 Å². The average molecular weight is 236 g/mol. The molecule has 0 aromatic heterocycles. The molecule has 3 nitrogen and oxygen atoms in total. The summed E-state index contributed by atoms with van der Waals surface area (Å²) < 4.78 is 13.8. The van der Waals surface area contributed by atoms with Gasteiger partial charge in [0.1, 0.15) is 5.82 Å². The number of hydrogen-bond acceptors (Lipinski definition) is 2. The molecular weight excluding hydrogens is 219 g/mol. The molecule has 1 heterocycles. The number of amides is 1. The molecule has 0 spiro atoms. The molecule has 2 atom stereocenters. The SMILES string of the molecule is CCCC(N)c1cc(F)c2c(c1)C(C)C(=O)N2. The summed E-state index contributed by atoms with van der Waals surface area (Å²) in [6.07, 6.45) is 1.76. The van der Waals surface area contributed by atoms with E-state index in [4.69, 9.17) is 5.73 Å². The molecule has 0 fully saturated rings. The van der Waals surface area contributed by atoms with E-state index in [2.05, 4.69) is 5.32 Å². The Balaban J connectivity index is 2.41. The van der Waals surface area contributed by atoms with Crippen LogP contribution in [0.2, 0.25) is 0 Å². The molecule has 92 valence electrons. The van der Waals surface area contributed by atoms with Crippen molar-refractivity contribution < 1.29 is 9.18 Å². The van der Waals surface area contributed by atoms with Gasteiger partial charge in [-0.25, -0.2) is 4.39 Å². The number of halogens is 1. The molecule has 1 aromatic rings. The van der Waals surface area contributed by atoms with E-state index in [-0.39, 0.29) is 23.7 Å². The number of hydrogen-bond donors (Lipinski definition) is 2. The second-order valence-corrected chi connectivity index (χ2v) is 4.57. The first kappa shape index (κ1) is 12.0. The first-order valence-corrected chi connectivity index (χ1v) is 5.94. The lowest BCUT2D eigenvalue weighted by molar-refractivity contribution is -0.116. The lowest BCUT2D eigenvalue weighted by atomic mass is 9.95. The van der Waals surface area contributed by atoms with Gasteiger partial charge in [-0.3, -0.25) is 4.79 Å². The van der Waals surface area contributed by atoms with E-state index in [9.17, 15) is 9.18 Å². The molecule has 17 heavy (non-hydrogen) atoms. The maximum absolute atomic E-state index is 13.8. The highest BCUT2D eigenvalue weighted by Crippen LogP contribution is 2.36. The monoisotopic (exact) mass is 236 g/mol. The van der Waals surface area contributed by atoms with Crippen LogP contribution in [-0.4, -0.2) is 5.91 Å². The lowest BCUT2D eigenvalue weighted by Crippen LogP contribution is -2.10. The number of rotatable bonds is 3. The van der Waals surface area contributed by atoms with Gasteiger partial charge < -0.3 is 11.1 Å². The minimum atomic E-state index is -0.387. The molecule has 1 aliphatic heterocycles. The van der Waals surface area contributed by atoms with E-state index in [1.807, 2.05) is 13.0 Å². The molecule has 0 saturated carbocycles. The summed E-state index contributed by atoms with van der Waals surface area (Å²) in [5.41, 5.74) is 7.78. The zero-order chi connectivity index (χ0) is 12.6. The highest BCUT2D eigenvalue weighted by Gasteiger charge is 2.30. The maximum Gasteiger partial charge on any atom is 0.231 e. The smallest absolute Gasteiger partial charge is 0.231 e. The van der Waals surface area contributed by atoms with Gasteiger partial charge in [-0.15, -0.1) is 0 Å². The zero-order valence-electron chi connectivity index (χ0n) is 10.1. The fraction of sp³-hybridized carbons (Fsp3) is 0.462. The van der Waals surface area contributed by atoms with Crippen molar-refractivity contribution in [3.63, 3.8) is 0 Å². The molecule has 2 rings (SSSR count). The van der Waals surface area contributed by atoms with Crippen molar-refractivity contribution in [2.24, 2.45) is 5.73 Å². The number of nitrogens with one attached hydrogen (secondary N) is 1. The Labute approximate surface area is 100 Å². The van der Waals surface area contributed by atoms with Gasteiger partial charge in [0.2, 0.25) is 5.91 Å². The first-order chi connectivity index (χ1) is 8.04. The molecule has 1 aliphatic rings. The van der Waals surface area contributed by atoms with E-state index < -0.39 is 0 Å². The Bertz CT molecular complexity index is 459. The van der Waals surface area contributed by atoms with Gasteiger partial charge in [0, 0.05) is 6.04 Å². The Kier molecular flexibility index (Phi) is 3.15. The van der Waals surface area contributed by atoms with Gasteiger partial charge in [-0.2, -0.15) is 0 Å². The van der Waals surface area contributed by atoms with Gasteiger partial charge >= 0.3 is 0 Å². The van der Waals surface area contributed by atoms with Crippen molar-refractivity contribution in [2.75, 3.05) is 5.32 Å². The molecule has 4 heteroatoms. The molecule has 0 aliphatic carbocycles. The van der Waals surface area contributed by atoms with Crippen molar-refractivity contribution in [1.29, 1.82) is 0 Å². The number of nitrogens with two attached hydrogens (primary N) is 1. The quantitative estimate of drug-likeness (QED) is 0.847. The number of anilines is 1.